The molecule has 0 bridgehead atoms. The fourth-order valence-electron chi connectivity index (χ4n) is 1.54. The molecule has 0 fully saturated rings. The van der Waals surface area contributed by atoms with Gasteiger partial charge < -0.3 is 5.84 Å². The summed E-state index contributed by atoms with van der Waals surface area (Å²) < 4.78 is 1.67. The van der Waals surface area contributed by atoms with Gasteiger partial charge in [-0.05, 0) is 31.5 Å². The highest BCUT2D eigenvalue weighted by atomic mass is 15.3. The topological polar surface area (TPSA) is 30.9 Å². The fourth-order valence-corrected chi connectivity index (χ4v) is 1.54. The molecule has 1 heterocycles. The minimum absolute atomic E-state index is 1.10. The molecule has 2 nitrogen and oxygen atoms in total. The SMILES string of the molecule is Cc1ccc2c(c1)c(C)cn2N. The van der Waals surface area contributed by atoms with Gasteiger partial charge in [0.15, 0.2) is 0 Å². The Morgan fingerprint density at radius 1 is 1.25 bits per heavy atom. The van der Waals surface area contributed by atoms with E-state index in [2.05, 4.69) is 32.0 Å². The molecule has 0 spiro atoms. The Morgan fingerprint density at radius 2 is 2.00 bits per heavy atom. The Kier molecular flexibility index (Phi) is 1.37. The van der Waals surface area contributed by atoms with Gasteiger partial charge in [-0.3, -0.25) is 4.68 Å². The second kappa shape index (κ2) is 2.27. The van der Waals surface area contributed by atoms with E-state index in [1.165, 1.54) is 16.5 Å². The molecule has 62 valence electrons. The summed E-state index contributed by atoms with van der Waals surface area (Å²) in [5.74, 6) is 5.74. The van der Waals surface area contributed by atoms with Gasteiger partial charge in [-0.15, -0.1) is 0 Å². The first-order valence-electron chi connectivity index (χ1n) is 4.02. The van der Waals surface area contributed by atoms with Gasteiger partial charge in [-0.25, -0.2) is 0 Å². The summed E-state index contributed by atoms with van der Waals surface area (Å²) in [5, 5.41) is 1.25. The molecule has 0 atom stereocenters. The summed E-state index contributed by atoms with van der Waals surface area (Å²) in [6, 6.07) is 6.29. The van der Waals surface area contributed by atoms with E-state index in [0.29, 0.717) is 0 Å². The van der Waals surface area contributed by atoms with Crippen LogP contribution in [0, 0.1) is 13.8 Å². The zero-order valence-corrected chi connectivity index (χ0v) is 7.33. The van der Waals surface area contributed by atoms with E-state index in [9.17, 15) is 0 Å². The maximum atomic E-state index is 5.74. The highest BCUT2D eigenvalue weighted by Crippen LogP contribution is 2.19. The monoisotopic (exact) mass is 160 g/mol. The number of aromatic nitrogens is 1. The van der Waals surface area contributed by atoms with Crippen molar-refractivity contribution < 1.29 is 0 Å². The quantitative estimate of drug-likeness (QED) is 0.587. The molecule has 0 saturated carbocycles. The van der Waals surface area contributed by atoms with Crippen molar-refractivity contribution >= 4 is 10.9 Å². The Bertz CT molecular complexity index is 427. The number of nitrogens with zero attached hydrogens (tertiary/aromatic N) is 1. The second-order valence-electron chi connectivity index (χ2n) is 3.24. The third kappa shape index (κ3) is 0.881. The van der Waals surface area contributed by atoms with Crippen LogP contribution in [0.3, 0.4) is 0 Å². The van der Waals surface area contributed by atoms with E-state index in [1.54, 1.807) is 4.68 Å². The Balaban J connectivity index is 2.90. The Morgan fingerprint density at radius 3 is 2.75 bits per heavy atom. The molecular formula is C10H12N2. The lowest BCUT2D eigenvalue weighted by Crippen LogP contribution is -2.04. The van der Waals surface area contributed by atoms with E-state index < -0.39 is 0 Å². The van der Waals surface area contributed by atoms with Crippen molar-refractivity contribution in [3.8, 4) is 0 Å². The number of nitrogen functional groups attached to an aromatic ring is 1. The number of hydrogen-bond donors (Lipinski definition) is 1. The minimum atomic E-state index is 1.10. The lowest BCUT2D eigenvalue weighted by atomic mass is 10.1. The van der Waals surface area contributed by atoms with E-state index >= 15 is 0 Å². The zero-order chi connectivity index (χ0) is 8.72. The fraction of sp³-hybridized carbons (Fsp3) is 0.200. The van der Waals surface area contributed by atoms with E-state index in [0.717, 1.165) is 5.52 Å². The number of aryl methyl sites for hydroxylation is 2. The number of hydrogen-bond acceptors (Lipinski definition) is 1. The molecule has 0 aliphatic carbocycles. The molecule has 0 unspecified atom stereocenters. The van der Waals surface area contributed by atoms with Gasteiger partial charge in [-0.1, -0.05) is 11.6 Å². The standard InChI is InChI=1S/C10H12N2/c1-7-3-4-10-9(5-7)8(2)6-12(10)11/h3-6H,11H2,1-2H3. The molecule has 0 radical (unpaired) electrons. The molecule has 0 aliphatic heterocycles. The highest BCUT2D eigenvalue weighted by molar-refractivity contribution is 5.84. The van der Waals surface area contributed by atoms with Gasteiger partial charge in [0.25, 0.3) is 0 Å². The average molecular weight is 160 g/mol. The smallest absolute Gasteiger partial charge is 0.0692 e. The summed E-state index contributed by atoms with van der Waals surface area (Å²) in [6.07, 6.45) is 1.95. The molecule has 1 aromatic carbocycles. The van der Waals surface area contributed by atoms with Crippen LogP contribution in [0.2, 0.25) is 0 Å². The van der Waals surface area contributed by atoms with Crippen LogP contribution < -0.4 is 5.84 Å². The number of benzene rings is 1. The zero-order valence-electron chi connectivity index (χ0n) is 7.33. The highest BCUT2D eigenvalue weighted by Gasteiger charge is 2.01. The summed E-state index contributed by atoms with van der Waals surface area (Å²) >= 11 is 0. The molecule has 0 amide bonds. The third-order valence-electron chi connectivity index (χ3n) is 2.19. The minimum Gasteiger partial charge on any atom is -0.339 e. The number of fused-ring (bicyclic) bond motifs is 1. The van der Waals surface area contributed by atoms with Gasteiger partial charge in [0.05, 0.1) is 5.52 Å². The number of rotatable bonds is 0. The van der Waals surface area contributed by atoms with Crippen molar-refractivity contribution in [1.29, 1.82) is 0 Å². The second-order valence-corrected chi connectivity index (χ2v) is 3.24. The van der Waals surface area contributed by atoms with Crippen LogP contribution in [0.5, 0.6) is 0 Å². The molecule has 0 aliphatic rings. The molecule has 0 saturated heterocycles. The van der Waals surface area contributed by atoms with Crippen LogP contribution in [0.4, 0.5) is 0 Å². The van der Waals surface area contributed by atoms with Crippen LogP contribution in [0.1, 0.15) is 11.1 Å². The normalized spacial score (nSPS) is 10.8. The maximum absolute atomic E-state index is 5.74. The van der Waals surface area contributed by atoms with Crippen LogP contribution in [0.15, 0.2) is 24.4 Å². The Hall–Kier alpha value is -1.44. The molecule has 2 aromatic rings. The molecule has 1 aromatic heterocycles. The lowest BCUT2D eigenvalue weighted by molar-refractivity contribution is 1.06. The van der Waals surface area contributed by atoms with E-state index in [1.807, 2.05) is 6.20 Å². The van der Waals surface area contributed by atoms with Gasteiger partial charge in [0, 0.05) is 11.6 Å². The summed E-state index contributed by atoms with van der Waals surface area (Å²) in [6.45, 7) is 4.16. The first-order valence-corrected chi connectivity index (χ1v) is 4.02. The van der Waals surface area contributed by atoms with Crippen LogP contribution >= 0.6 is 0 Å². The average Bonchev–Trinajstić information content (AvgIpc) is 2.28. The predicted molar refractivity (Wildman–Crippen MR) is 51.6 cm³/mol. The van der Waals surface area contributed by atoms with Crippen molar-refractivity contribution in [2.45, 2.75) is 13.8 Å². The van der Waals surface area contributed by atoms with Crippen molar-refractivity contribution in [2.24, 2.45) is 0 Å². The predicted octanol–water partition coefficient (Wildman–Crippen LogP) is 1.97. The van der Waals surface area contributed by atoms with E-state index in [4.69, 9.17) is 5.84 Å². The summed E-state index contributed by atoms with van der Waals surface area (Å²) in [4.78, 5) is 0. The van der Waals surface area contributed by atoms with Gasteiger partial charge in [-0.2, -0.15) is 0 Å². The van der Waals surface area contributed by atoms with Crippen molar-refractivity contribution in [3.63, 3.8) is 0 Å². The van der Waals surface area contributed by atoms with Gasteiger partial charge in [0.2, 0.25) is 0 Å². The maximum Gasteiger partial charge on any atom is 0.0692 e. The molecule has 2 rings (SSSR count). The molecule has 2 N–H and O–H groups in total. The summed E-state index contributed by atoms with van der Waals surface area (Å²) in [7, 11) is 0. The molecule has 12 heavy (non-hydrogen) atoms. The van der Waals surface area contributed by atoms with Crippen LogP contribution in [-0.4, -0.2) is 4.68 Å². The van der Waals surface area contributed by atoms with E-state index in [-0.39, 0.29) is 0 Å². The molecule has 2 heteroatoms. The van der Waals surface area contributed by atoms with Crippen molar-refractivity contribution in [3.05, 3.63) is 35.5 Å². The Labute approximate surface area is 71.6 Å². The first-order chi connectivity index (χ1) is 5.68. The molecular weight excluding hydrogens is 148 g/mol. The first kappa shape index (κ1) is 7.22. The van der Waals surface area contributed by atoms with Crippen molar-refractivity contribution in [2.75, 3.05) is 5.84 Å². The van der Waals surface area contributed by atoms with Crippen molar-refractivity contribution in [1.82, 2.24) is 4.68 Å². The van der Waals surface area contributed by atoms with Gasteiger partial charge in [0.1, 0.15) is 0 Å². The van der Waals surface area contributed by atoms with Gasteiger partial charge >= 0.3 is 0 Å². The largest absolute Gasteiger partial charge is 0.339 e. The van der Waals surface area contributed by atoms with Crippen LogP contribution in [-0.2, 0) is 0 Å². The number of nitrogens with two attached hydrogens (primary N) is 1. The lowest BCUT2D eigenvalue weighted by Gasteiger charge is -1.96. The summed E-state index contributed by atoms with van der Waals surface area (Å²) in [5.41, 5.74) is 3.60. The van der Waals surface area contributed by atoms with Crippen LogP contribution in [0.25, 0.3) is 10.9 Å². The third-order valence-corrected chi connectivity index (χ3v) is 2.19.